The number of hydrogen-bond acceptors (Lipinski definition) is 12. The Morgan fingerprint density at radius 3 is 2.06 bits per heavy atom. The Morgan fingerprint density at radius 2 is 1.61 bits per heavy atom. The lowest BCUT2D eigenvalue weighted by atomic mass is 9.93. The summed E-state index contributed by atoms with van der Waals surface area (Å²) in [4.78, 5) is 58.4. The lowest BCUT2D eigenvalue weighted by Crippen LogP contribution is -2.60. The van der Waals surface area contributed by atoms with Crippen molar-refractivity contribution in [2.45, 2.75) is 58.2 Å². The Morgan fingerprint density at radius 1 is 1.00 bits per heavy atom. The summed E-state index contributed by atoms with van der Waals surface area (Å²) in [6.45, 7) is 4.09. The standard InChI is InChI=1S/C19H27NO11/c1-9(21)27-8-15(29-11(3)23)17(30-12(4)24)18-16(20-5)13(28-10(2)22)7-14(31-18)19(25)26-6/h7,13,15-18,20H,8H2,1-6H3/t13-,15-,16+,17-,18+/m0/s1. The first-order valence-electron chi connectivity index (χ1n) is 9.29. The van der Waals surface area contributed by atoms with E-state index in [4.69, 9.17) is 23.7 Å². The van der Waals surface area contributed by atoms with Gasteiger partial charge in [0, 0.05) is 33.8 Å². The SMILES string of the molecule is CN[C@H]1[C@H]([C@@H](OC(C)=O)[C@H](COC(C)=O)OC(C)=O)OC(C(=O)OC)=C[C@@H]1OC(C)=O. The van der Waals surface area contributed by atoms with Crippen LogP contribution in [0.3, 0.4) is 0 Å². The third-order valence-corrected chi connectivity index (χ3v) is 4.07. The molecule has 12 nitrogen and oxygen atoms in total. The highest BCUT2D eigenvalue weighted by molar-refractivity contribution is 5.86. The normalized spacial score (nSPS) is 22.0. The second-order valence-corrected chi connectivity index (χ2v) is 6.52. The molecular weight excluding hydrogens is 418 g/mol. The van der Waals surface area contributed by atoms with E-state index in [1.807, 2.05) is 0 Å². The molecule has 0 aromatic heterocycles. The van der Waals surface area contributed by atoms with Crippen LogP contribution in [0.5, 0.6) is 0 Å². The molecule has 1 N–H and O–H groups in total. The number of likely N-dealkylation sites (N-methyl/N-ethyl adjacent to an activating group) is 1. The molecule has 0 amide bonds. The first-order chi connectivity index (χ1) is 14.5. The summed E-state index contributed by atoms with van der Waals surface area (Å²) < 4.78 is 31.1. The van der Waals surface area contributed by atoms with Crippen molar-refractivity contribution in [2.24, 2.45) is 0 Å². The number of carbonyl (C=O) groups is 5. The van der Waals surface area contributed by atoms with E-state index in [1.54, 1.807) is 0 Å². The van der Waals surface area contributed by atoms with Gasteiger partial charge < -0.3 is 33.7 Å². The number of nitrogens with one attached hydrogen (secondary N) is 1. The van der Waals surface area contributed by atoms with Crippen molar-refractivity contribution in [3.8, 4) is 0 Å². The molecule has 1 heterocycles. The molecule has 1 aliphatic heterocycles. The van der Waals surface area contributed by atoms with Gasteiger partial charge in [0.1, 0.15) is 12.7 Å². The Hall–Kier alpha value is -3.15. The minimum Gasteiger partial charge on any atom is -0.477 e. The molecule has 0 saturated heterocycles. The van der Waals surface area contributed by atoms with E-state index < -0.39 is 66.9 Å². The van der Waals surface area contributed by atoms with Crippen molar-refractivity contribution >= 4 is 29.8 Å². The predicted octanol–water partition coefficient (Wildman–Crippen LogP) is -0.612. The minimum atomic E-state index is -1.36. The molecule has 12 heteroatoms. The van der Waals surface area contributed by atoms with Crippen molar-refractivity contribution in [3.63, 3.8) is 0 Å². The zero-order valence-electron chi connectivity index (χ0n) is 18.2. The van der Waals surface area contributed by atoms with Crippen LogP contribution in [0.1, 0.15) is 27.7 Å². The van der Waals surface area contributed by atoms with Gasteiger partial charge in [0.15, 0.2) is 18.3 Å². The van der Waals surface area contributed by atoms with Crippen molar-refractivity contribution in [1.82, 2.24) is 5.32 Å². The van der Waals surface area contributed by atoms with Crippen LogP contribution in [0.25, 0.3) is 0 Å². The summed E-state index contributed by atoms with van der Waals surface area (Å²) in [5.74, 6) is -4.00. The van der Waals surface area contributed by atoms with E-state index in [-0.39, 0.29) is 5.76 Å². The third-order valence-electron chi connectivity index (χ3n) is 4.07. The van der Waals surface area contributed by atoms with Crippen LogP contribution in [-0.4, -0.2) is 81.1 Å². The maximum absolute atomic E-state index is 12.1. The highest BCUT2D eigenvalue weighted by Gasteiger charge is 2.48. The molecule has 0 bridgehead atoms. The van der Waals surface area contributed by atoms with Crippen molar-refractivity contribution in [2.75, 3.05) is 20.8 Å². The number of ether oxygens (including phenoxy) is 6. The summed E-state index contributed by atoms with van der Waals surface area (Å²) in [6, 6.07) is -0.850. The Bertz CT molecular complexity index is 732. The van der Waals surface area contributed by atoms with Gasteiger partial charge in [-0.1, -0.05) is 0 Å². The van der Waals surface area contributed by atoms with Crippen LogP contribution in [0.15, 0.2) is 11.8 Å². The second-order valence-electron chi connectivity index (χ2n) is 6.52. The van der Waals surface area contributed by atoms with Gasteiger partial charge in [0.2, 0.25) is 5.76 Å². The van der Waals surface area contributed by atoms with E-state index in [0.717, 1.165) is 27.9 Å². The molecule has 5 atom stereocenters. The topological polar surface area (TPSA) is 153 Å². The molecule has 0 spiro atoms. The lowest BCUT2D eigenvalue weighted by molar-refractivity contribution is -0.191. The third kappa shape index (κ3) is 7.89. The summed E-state index contributed by atoms with van der Waals surface area (Å²) in [7, 11) is 2.64. The molecule has 0 radical (unpaired) electrons. The quantitative estimate of drug-likeness (QED) is 0.356. The van der Waals surface area contributed by atoms with E-state index >= 15 is 0 Å². The Balaban J connectivity index is 3.45. The molecule has 1 aliphatic rings. The van der Waals surface area contributed by atoms with E-state index in [1.165, 1.54) is 20.0 Å². The molecule has 0 aromatic carbocycles. The van der Waals surface area contributed by atoms with Crippen LogP contribution >= 0.6 is 0 Å². The van der Waals surface area contributed by atoms with Gasteiger partial charge in [-0.05, 0) is 7.05 Å². The van der Waals surface area contributed by atoms with Gasteiger partial charge in [0.25, 0.3) is 0 Å². The fraction of sp³-hybridized carbons (Fsp3) is 0.632. The number of hydrogen-bond donors (Lipinski definition) is 1. The summed E-state index contributed by atoms with van der Waals surface area (Å²) >= 11 is 0. The first-order valence-corrected chi connectivity index (χ1v) is 9.29. The van der Waals surface area contributed by atoms with Gasteiger partial charge in [0.05, 0.1) is 13.2 Å². The van der Waals surface area contributed by atoms with Gasteiger partial charge in [-0.25, -0.2) is 4.79 Å². The maximum Gasteiger partial charge on any atom is 0.373 e. The van der Waals surface area contributed by atoms with E-state index in [0.29, 0.717) is 0 Å². The molecule has 0 aromatic rings. The molecule has 0 saturated carbocycles. The second kappa shape index (κ2) is 11.9. The van der Waals surface area contributed by atoms with Gasteiger partial charge in [-0.3, -0.25) is 19.2 Å². The Labute approximate surface area is 179 Å². The average Bonchev–Trinajstić information content (AvgIpc) is 2.67. The average molecular weight is 445 g/mol. The summed E-state index contributed by atoms with van der Waals surface area (Å²) in [5.41, 5.74) is 0. The smallest absolute Gasteiger partial charge is 0.373 e. The largest absolute Gasteiger partial charge is 0.477 e. The molecule has 31 heavy (non-hydrogen) atoms. The van der Waals surface area contributed by atoms with Gasteiger partial charge in [-0.2, -0.15) is 0 Å². The van der Waals surface area contributed by atoms with Crippen molar-refractivity contribution in [1.29, 1.82) is 0 Å². The van der Waals surface area contributed by atoms with Crippen molar-refractivity contribution < 1.29 is 52.4 Å². The Kier molecular flexibility index (Phi) is 9.93. The highest BCUT2D eigenvalue weighted by Crippen LogP contribution is 2.28. The lowest BCUT2D eigenvalue weighted by Gasteiger charge is -2.41. The summed E-state index contributed by atoms with van der Waals surface area (Å²) in [5, 5.41) is 2.88. The monoisotopic (exact) mass is 445 g/mol. The molecular formula is C19H27NO11. The van der Waals surface area contributed by atoms with Crippen LogP contribution in [0, 0.1) is 0 Å². The maximum atomic E-state index is 12.1. The van der Waals surface area contributed by atoms with Crippen LogP contribution in [-0.2, 0) is 52.4 Å². The number of esters is 5. The summed E-state index contributed by atoms with van der Waals surface area (Å²) in [6.07, 6.45) is -3.65. The van der Waals surface area contributed by atoms with E-state index in [9.17, 15) is 24.0 Å². The van der Waals surface area contributed by atoms with Crippen LogP contribution in [0.2, 0.25) is 0 Å². The number of rotatable bonds is 9. The minimum absolute atomic E-state index is 0.309. The van der Waals surface area contributed by atoms with Crippen LogP contribution < -0.4 is 5.32 Å². The molecule has 0 fully saturated rings. The number of methoxy groups -OCH3 is 1. The molecule has 174 valence electrons. The van der Waals surface area contributed by atoms with Crippen LogP contribution in [0.4, 0.5) is 0 Å². The van der Waals surface area contributed by atoms with E-state index in [2.05, 4.69) is 10.1 Å². The zero-order chi connectivity index (χ0) is 23.7. The molecule has 0 aliphatic carbocycles. The first kappa shape index (κ1) is 25.9. The fourth-order valence-corrected chi connectivity index (χ4v) is 2.97. The highest BCUT2D eigenvalue weighted by atomic mass is 16.6. The van der Waals surface area contributed by atoms with Gasteiger partial charge >= 0.3 is 29.8 Å². The molecule has 1 rings (SSSR count). The van der Waals surface area contributed by atoms with Gasteiger partial charge in [-0.15, -0.1) is 0 Å². The van der Waals surface area contributed by atoms with Crippen molar-refractivity contribution in [3.05, 3.63) is 11.8 Å². The zero-order valence-corrected chi connectivity index (χ0v) is 18.2. The fourth-order valence-electron chi connectivity index (χ4n) is 2.97. The number of carbonyl (C=O) groups excluding carboxylic acids is 5. The molecule has 0 unspecified atom stereocenters. The predicted molar refractivity (Wildman–Crippen MR) is 101 cm³/mol.